The molecule has 0 atom stereocenters. The molecule has 0 bridgehead atoms. The number of hydrogen-bond donors (Lipinski definition) is 0. The summed E-state index contributed by atoms with van der Waals surface area (Å²) in [6.07, 6.45) is 0.453. The van der Waals surface area contributed by atoms with Gasteiger partial charge in [-0.05, 0) is 34.0 Å². The van der Waals surface area contributed by atoms with Crippen LogP contribution in [0.3, 0.4) is 0 Å². The number of imidazole rings is 1. The van der Waals surface area contributed by atoms with Crippen molar-refractivity contribution in [3.8, 4) is 0 Å². The summed E-state index contributed by atoms with van der Waals surface area (Å²) in [7, 11) is 0. The highest BCUT2D eigenvalue weighted by atomic mass is 16.2. The third-order valence-corrected chi connectivity index (χ3v) is 7.23. The highest BCUT2D eigenvalue weighted by molar-refractivity contribution is 5.90. The second kappa shape index (κ2) is 9.96. The molecule has 5 heteroatoms. The van der Waals surface area contributed by atoms with E-state index < -0.39 is 0 Å². The zero-order chi connectivity index (χ0) is 24.3. The van der Waals surface area contributed by atoms with Gasteiger partial charge in [0.05, 0.1) is 24.0 Å². The lowest BCUT2D eigenvalue weighted by Gasteiger charge is -2.34. The summed E-state index contributed by atoms with van der Waals surface area (Å²) >= 11 is 0. The summed E-state index contributed by atoms with van der Waals surface area (Å²) in [6, 6.07) is 33.4. The molecule has 0 unspecified atom stereocenters. The van der Waals surface area contributed by atoms with E-state index in [0.717, 1.165) is 56.2 Å². The lowest BCUT2D eigenvalue weighted by Crippen LogP contribution is -2.49. The van der Waals surface area contributed by atoms with E-state index in [9.17, 15) is 4.79 Å². The standard InChI is InChI=1S/C31H30N4O/c36-31(21-26-13-8-12-25-11-4-5-14-27(25)26)34-19-17-33(18-20-34)23-30-32-28-15-6-7-16-29(28)35(30)22-24-9-2-1-3-10-24/h1-16H,17-23H2. The van der Waals surface area contributed by atoms with E-state index in [0.29, 0.717) is 6.42 Å². The van der Waals surface area contributed by atoms with Crippen molar-refractivity contribution in [1.29, 1.82) is 0 Å². The third-order valence-electron chi connectivity index (χ3n) is 7.23. The van der Waals surface area contributed by atoms with Crippen LogP contribution < -0.4 is 0 Å². The van der Waals surface area contributed by atoms with Crippen LogP contribution in [0, 0.1) is 0 Å². The van der Waals surface area contributed by atoms with Crippen LogP contribution in [0.1, 0.15) is 17.0 Å². The van der Waals surface area contributed by atoms with E-state index >= 15 is 0 Å². The molecule has 1 saturated heterocycles. The number of carbonyl (C=O) groups is 1. The van der Waals surface area contributed by atoms with Gasteiger partial charge in [-0.2, -0.15) is 0 Å². The minimum atomic E-state index is 0.210. The van der Waals surface area contributed by atoms with Crippen molar-refractivity contribution in [2.24, 2.45) is 0 Å². The van der Waals surface area contributed by atoms with Gasteiger partial charge in [0.25, 0.3) is 0 Å². The minimum Gasteiger partial charge on any atom is -0.340 e. The van der Waals surface area contributed by atoms with Gasteiger partial charge in [-0.15, -0.1) is 0 Å². The average Bonchev–Trinajstić information content (AvgIpc) is 3.26. The molecular weight excluding hydrogens is 444 g/mol. The maximum atomic E-state index is 13.1. The monoisotopic (exact) mass is 474 g/mol. The van der Waals surface area contributed by atoms with Gasteiger partial charge in [-0.25, -0.2) is 4.98 Å². The lowest BCUT2D eigenvalue weighted by molar-refractivity contribution is -0.132. The van der Waals surface area contributed by atoms with Crippen molar-refractivity contribution in [3.63, 3.8) is 0 Å². The van der Waals surface area contributed by atoms with E-state index in [4.69, 9.17) is 4.98 Å². The number of rotatable bonds is 6. The second-order valence-corrected chi connectivity index (χ2v) is 9.56. The van der Waals surface area contributed by atoms with Gasteiger partial charge in [-0.3, -0.25) is 9.69 Å². The van der Waals surface area contributed by atoms with Crippen LogP contribution in [-0.2, 0) is 24.3 Å². The molecule has 0 N–H and O–H groups in total. The number of fused-ring (bicyclic) bond motifs is 2. The highest BCUT2D eigenvalue weighted by Gasteiger charge is 2.23. The van der Waals surface area contributed by atoms with Gasteiger partial charge < -0.3 is 9.47 Å². The first-order valence-corrected chi connectivity index (χ1v) is 12.7. The quantitative estimate of drug-likeness (QED) is 0.343. The predicted octanol–water partition coefficient (Wildman–Crippen LogP) is 5.12. The molecule has 180 valence electrons. The van der Waals surface area contributed by atoms with E-state index in [-0.39, 0.29) is 5.91 Å². The molecule has 2 heterocycles. The molecule has 5 nitrogen and oxygen atoms in total. The molecule has 0 aliphatic carbocycles. The Kier molecular flexibility index (Phi) is 6.22. The summed E-state index contributed by atoms with van der Waals surface area (Å²) in [4.78, 5) is 22.6. The number of piperazine rings is 1. The van der Waals surface area contributed by atoms with E-state index in [1.165, 1.54) is 21.9 Å². The fourth-order valence-corrected chi connectivity index (χ4v) is 5.27. The summed E-state index contributed by atoms with van der Waals surface area (Å²) in [6.45, 7) is 4.81. The van der Waals surface area contributed by atoms with Crippen molar-refractivity contribution in [2.45, 2.75) is 19.5 Å². The second-order valence-electron chi connectivity index (χ2n) is 9.56. The minimum absolute atomic E-state index is 0.210. The van der Waals surface area contributed by atoms with Crippen LogP contribution in [0.4, 0.5) is 0 Å². The maximum Gasteiger partial charge on any atom is 0.227 e. The zero-order valence-corrected chi connectivity index (χ0v) is 20.4. The Bertz CT molecular complexity index is 1490. The molecule has 0 radical (unpaired) electrons. The zero-order valence-electron chi connectivity index (χ0n) is 20.4. The molecule has 1 aliphatic rings. The summed E-state index contributed by atoms with van der Waals surface area (Å²) in [5.74, 6) is 1.29. The SMILES string of the molecule is O=C(Cc1cccc2ccccc12)N1CCN(Cc2nc3ccccc3n2Cc2ccccc2)CC1. The first-order valence-electron chi connectivity index (χ1n) is 12.7. The van der Waals surface area contributed by atoms with E-state index in [1.54, 1.807) is 0 Å². The van der Waals surface area contributed by atoms with E-state index in [2.05, 4.69) is 82.3 Å². The molecule has 36 heavy (non-hydrogen) atoms. The number of benzene rings is 4. The molecular formula is C31H30N4O. The normalized spacial score (nSPS) is 14.5. The molecule has 0 spiro atoms. The topological polar surface area (TPSA) is 41.4 Å². The van der Waals surface area contributed by atoms with Crippen molar-refractivity contribution in [2.75, 3.05) is 26.2 Å². The molecule has 1 aliphatic heterocycles. The Morgan fingerprint density at radius 1 is 0.722 bits per heavy atom. The van der Waals surface area contributed by atoms with Crippen molar-refractivity contribution in [3.05, 3.63) is 114 Å². The molecule has 1 aromatic heterocycles. The predicted molar refractivity (Wildman–Crippen MR) is 145 cm³/mol. The van der Waals surface area contributed by atoms with Crippen molar-refractivity contribution in [1.82, 2.24) is 19.4 Å². The van der Waals surface area contributed by atoms with Gasteiger partial charge in [0.2, 0.25) is 5.91 Å². The highest BCUT2D eigenvalue weighted by Crippen LogP contribution is 2.22. The number of amides is 1. The van der Waals surface area contributed by atoms with Gasteiger partial charge in [-0.1, -0.05) is 84.9 Å². The van der Waals surface area contributed by atoms with Crippen molar-refractivity contribution >= 4 is 27.7 Å². The van der Waals surface area contributed by atoms with Gasteiger partial charge >= 0.3 is 0 Å². The number of aromatic nitrogens is 2. The van der Waals surface area contributed by atoms with Crippen LogP contribution in [0.25, 0.3) is 21.8 Å². The van der Waals surface area contributed by atoms with Gasteiger partial charge in [0.1, 0.15) is 5.82 Å². The van der Waals surface area contributed by atoms with Crippen LogP contribution in [0.5, 0.6) is 0 Å². The largest absolute Gasteiger partial charge is 0.340 e. The van der Waals surface area contributed by atoms with Gasteiger partial charge in [0, 0.05) is 32.7 Å². The fourth-order valence-electron chi connectivity index (χ4n) is 5.27. The Labute approximate surface area is 211 Å². The Hall–Kier alpha value is -3.96. The first-order chi connectivity index (χ1) is 17.7. The Morgan fingerprint density at radius 3 is 2.31 bits per heavy atom. The summed E-state index contributed by atoms with van der Waals surface area (Å²) in [5, 5.41) is 2.36. The lowest BCUT2D eigenvalue weighted by atomic mass is 10.0. The number of hydrogen-bond acceptors (Lipinski definition) is 3. The number of nitrogens with zero attached hydrogens (tertiary/aromatic N) is 4. The fraction of sp³-hybridized carbons (Fsp3) is 0.226. The molecule has 6 rings (SSSR count). The summed E-state index contributed by atoms with van der Waals surface area (Å²) < 4.78 is 2.34. The van der Waals surface area contributed by atoms with Crippen LogP contribution in [-0.4, -0.2) is 51.4 Å². The first kappa shape index (κ1) is 22.5. The smallest absolute Gasteiger partial charge is 0.227 e. The molecule has 0 saturated carbocycles. The number of para-hydroxylation sites is 2. The van der Waals surface area contributed by atoms with E-state index in [1.807, 2.05) is 29.2 Å². The molecule has 4 aromatic carbocycles. The van der Waals surface area contributed by atoms with Gasteiger partial charge in [0.15, 0.2) is 0 Å². The maximum absolute atomic E-state index is 13.1. The molecule has 1 fully saturated rings. The third kappa shape index (κ3) is 4.62. The van der Waals surface area contributed by atoms with Crippen LogP contribution in [0.15, 0.2) is 97.1 Å². The average molecular weight is 475 g/mol. The Morgan fingerprint density at radius 2 is 1.44 bits per heavy atom. The summed E-state index contributed by atoms with van der Waals surface area (Å²) in [5.41, 5.74) is 4.58. The van der Waals surface area contributed by atoms with Crippen molar-refractivity contribution < 1.29 is 4.79 Å². The Balaban J connectivity index is 1.13. The molecule has 5 aromatic rings. The molecule has 1 amide bonds. The van der Waals surface area contributed by atoms with Crippen LogP contribution >= 0.6 is 0 Å². The van der Waals surface area contributed by atoms with Crippen LogP contribution in [0.2, 0.25) is 0 Å². The number of carbonyl (C=O) groups excluding carboxylic acids is 1.